The van der Waals surface area contributed by atoms with Gasteiger partial charge in [0.2, 0.25) is 5.95 Å². The molecule has 0 aliphatic carbocycles. The maximum Gasteiger partial charge on any atom is 0.280 e. The number of furan rings is 1. The molecule has 0 aliphatic rings. The number of fused-ring (bicyclic) bond motifs is 1. The summed E-state index contributed by atoms with van der Waals surface area (Å²) in [6, 6.07) is 10.4. The lowest BCUT2D eigenvalue weighted by molar-refractivity contribution is 0.580. The predicted molar refractivity (Wildman–Crippen MR) is 120 cm³/mol. The van der Waals surface area contributed by atoms with Crippen LogP contribution in [0, 0.1) is 6.92 Å². The molecule has 0 fully saturated rings. The molecule has 0 amide bonds. The Bertz CT molecular complexity index is 1550. The van der Waals surface area contributed by atoms with Crippen molar-refractivity contribution in [2.45, 2.75) is 18.5 Å². The highest BCUT2D eigenvalue weighted by molar-refractivity contribution is 7.92. The van der Waals surface area contributed by atoms with Crippen LogP contribution in [0.1, 0.15) is 11.4 Å². The molecule has 13 heteroatoms. The molecule has 3 N–H and O–H groups in total. The van der Waals surface area contributed by atoms with Gasteiger partial charge in [0.1, 0.15) is 11.5 Å². The molecule has 4 aromatic heterocycles. The average molecular weight is 465 g/mol. The monoisotopic (exact) mass is 465 g/mol. The second-order valence-corrected chi connectivity index (χ2v) is 9.00. The Morgan fingerprint density at radius 3 is 2.73 bits per heavy atom. The number of anilines is 2. The van der Waals surface area contributed by atoms with E-state index in [0.29, 0.717) is 34.1 Å². The van der Waals surface area contributed by atoms with Crippen molar-refractivity contribution in [3.05, 3.63) is 60.2 Å². The number of nitrogens with two attached hydrogens (primary N) is 1. The number of rotatable bonds is 6. The molecule has 5 aromatic rings. The number of nitrogen functional groups attached to an aromatic ring is 1. The third-order valence-corrected chi connectivity index (χ3v) is 6.26. The molecule has 0 radical (unpaired) electrons. The summed E-state index contributed by atoms with van der Waals surface area (Å²) < 4.78 is 36.6. The fourth-order valence-electron chi connectivity index (χ4n) is 3.33. The lowest BCUT2D eigenvalue weighted by Gasteiger charge is -2.08. The zero-order valence-electron chi connectivity index (χ0n) is 17.7. The normalized spacial score (nSPS) is 11.8. The maximum absolute atomic E-state index is 12.7. The van der Waals surface area contributed by atoms with Gasteiger partial charge < -0.3 is 14.7 Å². The van der Waals surface area contributed by atoms with E-state index in [4.69, 9.17) is 10.2 Å². The summed E-state index contributed by atoms with van der Waals surface area (Å²) in [6.07, 6.45) is 2.99. The maximum atomic E-state index is 12.7. The van der Waals surface area contributed by atoms with Gasteiger partial charge >= 0.3 is 0 Å². The van der Waals surface area contributed by atoms with Crippen molar-refractivity contribution in [2.24, 2.45) is 7.05 Å². The van der Waals surface area contributed by atoms with Crippen molar-refractivity contribution in [3.63, 3.8) is 0 Å². The van der Waals surface area contributed by atoms with Crippen LogP contribution in [-0.4, -0.2) is 42.9 Å². The molecular weight excluding hydrogens is 446 g/mol. The molecule has 168 valence electrons. The first-order valence-electron chi connectivity index (χ1n) is 9.82. The van der Waals surface area contributed by atoms with Crippen LogP contribution < -0.4 is 10.5 Å². The fourth-order valence-corrected chi connectivity index (χ4v) is 4.42. The molecule has 33 heavy (non-hydrogen) atoms. The summed E-state index contributed by atoms with van der Waals surface area (Å²) in [6.45, 7) is 2.01. The standard InChI is InChI=1S/C20H19N9O3S/c1-12-22-16(11-28(12)2)33(30,31)26-14-6-3-5-13(9-14)10-29-19-18(25-27-29)17(23-20(21)24-19)15-7-4-8-32-15/h3-9,11,26H,10H2,1-2H3,(H2,21,23,24). The summed E-state index contributed by atoms with van der Waals surface area (Å²) in [5.41, 5.74) is 8.39. The number of aromatic nitrogens is 7. The predicted octanol–water partition coefficient (Wildman–Crippen LogP) is 1.95. The van der Waals surface area contributed by atoms with Crippen LogP contribution in [0.3, 0.4) is 0 Å². The Kier molecular flexibility index (Phi) is 4.82. The average Bonchev–Trinajstić information content (AvgIpc) is 3.50. The van der Waals surface area contributed by atoms with Gasteiger partial charge in [-0.2, -0.15) is 13.4 Å². The smallest absolute Gasteiger partial charge is 0.280 e. The second kappa shape index (κ2) is 7.70. The Balaban J connectivity index is 1.45. The van der Waals surface area contributed by atoms with Crippen LogP contribution >= 0.6 is 0 Å². The van der Waals surface area contributed by atoms with E-state index in [-0.39, 0.29) is 17.5 Å². The van der Waals surface area contributed by atoms with Gasteiger partial charge in [-0.3, -0.25) is 4.72 Å². The van der Waals surface area contributed by atoms with E-state index in [9.17, 15) is 8.42 Å². The first kappa shape index (κ1) is 20.6. The van der Waals surface area contributed by atoms with E-state index in [1.165, 1.54) is 12.5 Å². The third kappa shape index (κ3) is 3.89. The molecule has 0 saturated heterocycles. The van der Waals surface area contributed by atoms with E-state index in [2.05, 4.69) is 30.0 Å². The SMILES string of the molecule is Cc1nc(S(=O)(=O)Nc2cccc(Cn3nnc4c(-c5ccco5)nc(N)nc43)c2)cn1C. The Labute approximate surface area is 188 Å². The lowest BCUT2D eigenvalue weighted by atomic mass is 10.2. The van der Waals surface area contributed by atoms with Gasteiger partial charge in [-0.05, 0) is 36.8 Å². The Morgan fingerprint density at radius 1 is 1.15 bits per heavy atom. The number of aryl methyl sites for hydroxylation is 2. The number of hydrogen-bond donors (Lipinski definition) is 2. The van der Waals surface area contributed by atoms with Gasteiger partial charge in [0.15, 0.2) is 22.0 Å². The number of nitrogens with one attached hydrogen (secondary N) is 1. The van der Waals surface area contributed by atoms with Gasteiger partial charge in [-0.25, -0.2) is 14.6 Å². The minimum absolute atomic E-state index is 0.0483. The Morgan fingerprint density at radius 2 is 2.00 bits per heavy atom. The molecule has 12 nitrogen and oxygen atoms in total. The van der Waals surface area contributed by atoms with Crippen LogP contribution in [-0.2, 0) is 23.6 Å². The first-order chi connectivity index (χ1) is 15.8. The van der Waals surface area contributed by atoms with Crippen LogP contribution in [0.15, 0.2) is 58.3 Å². The second-order valence-electron chi connectivity index (χ2n) is 7.37. The van der Waals surface area contributed by atoms with E-state index in [1.54, 1.807) is 53.6 Å². The molecule has 0 saturated carbocycles. The van der Waals surface area contributed by atoms with E-state index < -0.39 is 10.0 Å². The molecule has 0 unspecified atom stereocenters. The van der Waals surface area contributed by atoms with E-state index in [1.807, 2.05) is 6.07 Å². The van der Waals surface area contributed by atoms with Gasteiger partial charge in [-0.15, -0.1) is 5.10 Å². The van der Waals surface area contributed by atoms with Crippen molar-refractivity contribution >= 4 is 32.8 Å². The van der Waals surface area contributed by atoms with Gasteiger partial charge in [0.25, 0.3) is 10.0 Å². The largest absolute Gasteiger partial charge is 0.463 e. The summed E-state index contributed by atoms with van der Waals surface area (Å²) in [5, 5.41) is 8.33. The van der Waals surface area contributed by atoms with Gasteiger partial charge in [0.05, 0.1) is 12.8 Å². The highest BCUT2D eigenvalue weighted by Crippen LogP contribution is 2.26. The summed E-state index contributed by atoms with van der Waals surface area (Å²) in [5.74, 6) is 1.16. The van der Waals surface area contributed by atoms with Gasteiger partial charge in [0, 0.05) is 18.9 Å². The van der Waals surface area contributed by atoms with Crippen molar-refractivity contribution in [1.82, 2.24) is 34.5 Å². The highest BCUT2D eigenvalue weighted by atomic mass is 32.2. The van der Waals surface area contributed by atoms with Crippen LogP contribution in [0.4, 0.5) is 11.6 Å². The zero-order chi connectivity index (χ0) is 23.2. The van der Waals surface area contributed by atoms with E-state index >= 15 is 0 Å². The summed E-state index contributed by atoms with van der Waals surface area (Å²) in [4.78, 5) is 12.6. The van der Waals surface area contributed by atoms with Crippen molar-refractivity contribution < 1.29 is 12.8 Å². The molecule has 0 aliphatic heterocycles. The van der Waals surface area contributed by atoms with E-state index in [0.717, 1.165) is 5.56 Å². The topological polar surface area (TPSA) is 160 Å². The van der Waals surface area contributed by atoms with Gasteiger partial charge in [-0.1, -0.05) is 17.3 Å². The molecular formula is C20H19N9O3S. The third-order valence-electron chi connectivity index (χ3n) is 5.01. The lowest BCUT2D eigenvalue weighted by Crippen LogP contribution is -2.14. The van der Waals surface area contributed by atoms with Crippen molar-refractivity contribution in [2.75, 3.05) is 10.5 Å². The number of hydrogen-bond acceptors (Lipinski definition) is 9. The minimum atomic E-state index is -3.83. The molecule has 0 atom stereocenters. The van der Waals surface area contributed by atoms with Crippen LogP contribution in [0.25, 0.3) is 22.6 Å². The number of imidazole rings is 1. The number of nitrogens with zero attached hydrogens (tertiary/aromatic N) is 7. The fraction of sp³-hybridized carbons (Fsp3) is 0.150. The Hall–Kier alpha value is -4.26. The van der Waals surface area contributed by atoms with Crippen LogP contribution in [0.2, 0.25) is 0 Å². The number of benzene rings is 1. The molecule has 1 aromatic carbocycles. The first-order valence-corrected chi connectivity index (χ1v) is 11.3. The van der Waals surface area contributed by atoms with Crippen LogP contribution in [0.5, 0.6) is 0 Å². The molecule has 0 spiro atoms. The molecule has 0 bridgehead atoms. The number of sulfonamides is 1. The summed E-state index contributed by atoms with van der Waals surface area (Å²) >= 11 is 0. The molecule has 4 heterocycles. The van der Waals surface area contributed by atoms with Crippen molar-refractivity contribution in [3.8, 4) is 11.5 Å². The quantitative estimate of drug-likeness (QED) is 0.382. The molecule has 5 rings (SSSR count). The highest BCUT2D eigenvalue weighted by Gasteiger charge is 2.20. The minimum Gasteiger partial charge on any atom is -0.463 e. The summed E-state index contributed by atoms with van der Waals surface area (Å²) in [7, 11) is -2.09. The van der Waals surface area contributed by atoms with Crippen molar-refractivity contribution in [1.29, 1.82) is 0 Å². The zero-order valence-corrected chi connectivity index (χ0v) is 18.5.